The maximum Gasteiger partial charge on any atom is 0.227 e. The lowest BCUT2D eigenvalue weighted by atomic mass is 10.0. The van der Waals surface area contributed by atoms with E-state index in [0.717, 1.165) is 11.1 Å². The minimum Gasteiger partial charge on any atom is -0.341 e. The first kappa shape index (κ1) is 15.3. The van der Waals surface area contributed by atoms with Gasteiger partial charge in [-0.3, -0.25) is 4.79 Å². The van der Waals surface area contributed by atoms with Crippen LogP contribution in [0.25, 0.3) is 0 Å². The maximum absolute atomic E-state index is 12.3. The Hall–Kier alpha value is -2.09. The van der Waals surface area contributed by atoms with Crippen molar-refractivity contribution in [3.63, 3.8) is 0 Å². The van der Waals surface area contributed by atoms with Crippen LogP contribution in [-0.2, 0) is 17.8 Å². The third-order valence-corrected chi connectivity index (χ3v) is 3.81. The summed E-state index contributed by atoms with van der Waals surface area (Å²) < 4.78 is 0. The van der Waals surface area contributed by atoms with Gasteiger partial charge in [0, 0.05) is 13.6 Å². The van der Waals surface area contributed by atoms with Gasteiger partial charge in [0.15, 0.2) is 0 Å². The van der Waals surface area contributed by atoms with Crippen molar-refractivity contribution in [2.24, 2.45) is 0 Å². The highest BCUT2D eigenvalue weighted by atomic mass is 16.2. The van der Waals surface area contributed by atoms with Crippen molar-refractivity contribution in [1.82, 2.24) is 4.90 Å². The second-order valence-electron chi connectivity index (χ2n) is 5.84. The molecule has 0 radical (unpaired) electrons. The van der Waals surface area contributed by atoms with E-state index in [9.17, 15) is 4.79 Å². The van der Waals surface area contributed by atoms with Crippen molar-refractivity contribution in [2.45, 2.75) is 33.7 Å². The van der Waals surface area contributed by atoms with E-state index in [1.54, 1.807) is 4.90 Å². The average molecular weight is 281 g/mol. The standard InChI is InChI=1S/C19H23NO/c1-14-5-8-17(9-6-14)13-20(4)19(21)12-18-10-7-15(2)11-16(18)3/h5-11H,12-13H2,1-4H3. The molecule has 2 aromatic rings. The number of carbonyl (C=O) groups excluding carboxylic acids is 1. The van der Waals surface area contributed by atoms with Crippen molar-refractivity contribution in [3.8, 4) is 0 Å². The predicted octanol–water partition coefficient (Wildman–Crippen LogP) is 3.81. The van der Waals surface area contributed by atoms with Crippen molar-refractivity contribution in [2.75, 3.05) is 7.05 Å². The number of benzene rings is 2. The number of hydrogen-bond donors (Lipinski definition) is 0. The van der Waals surface area contributed by atoms with Crippen LogP contribution in [0, 0.1) is 20.8 Å². The minimum absolute atomic E-state index is 0.155. The summed E-state index contributed by atoms with van der Waals surface area (Å²) >= 11 is 0. The number of hydrogen-bond acceptors (Lipinski definition) is 1. The molecule has 2 aromatic carbocycles. The molecule has 0 bridgehead atoms. The maximum atomic E-state index is 12.3. The molecule has 0 aliphatic rings. The fourth-order valence-corrected chi connectivity index (χ4v) is 2.40. The van der Waals surface area contributed by atoms with E-state index in [-0.39, 0.29) is 5.91 Å². The van der Waals surface area contributed by atoms with E-state index in [1.165, 1.54) is 16.7 Å². The first-order valence-electron chi connectivity index (χ1n) is 7.31. The zero-order valence-corrected chi connectivity index (χ0v) is 13.3. The number of carbonyl (C=O) groups is 1. The van der Waals surface area contributed by atoms with Crippen LogP contribution in [0.4, 0.5) is 0 Å². The Morgan fingerprint density at radius 2 is 1.57 bits per heavy atom. The lowest BCUT2D eigenvalue weighted by Gasteiger charge is -2.18. The molecule has 1 amide bonds. The molecule has 0 spiro atoms. The van der Waals surface area contributed by atoms with Crippen LogP contribution in [0.3, 0.4) is 0 Å². The molecule has 21 heavy (non-hydrogen) atoms. The Morgan fingerprint density at radius 1 is 0.952 bits per heavy atom. The van der Waals surface area contributed by atoms with Crippen LogP contribution < -0.4 is 0 Å². The SMILES string of the molecule is Cc1ccc(CN(C)C(=O)Cc2ccc(C)cc2C)cc1. The lowest BCUT2D eigenvalue weighted by Crippen LogP contribution is -2.27. The van der Waals surface area contributed by atoms with Gasteiger partial charge >= 0.3 is 0 Å². The Bertz CT molecular complexity index is 629. The molecular formula is C19H23NO. The van der Waals surface area contributed by atoms with Gasteiger partial charge in [0.05, 0.1) is 6.42 Å². The monoisotopic (exact) mass is 281 g/mol. The van der Waals surface area contributed by atoms with E-state index in [1.807, 2.05) is 7.05 Å². The minimum atomic E-state index is 0.155. The third kappa shape index (κ3) is 4.19. The normalized spacial score (nSPS) is 10.5. The molecule has 2 nitrogen and oxygen atoms in total. The Morgan fingerprint density at radius 3 is 2.19 bits per heavy atom. The molecule has 110 valence electrons. The third-order valence-electron chi connectivity index (χ3n) is 3.81. The molecule has 0 fully saturated rings. The van der Waals surface area contributed by atoms with Crippen LogP contribution in [0.5, 0.6) is 0 Å². The van der Waals surface area contributed by atoms with Crippen LogP contribution in [0.1, 0.15) is 27.8 Å². The summed E-state index contributed by atoms with van der Waals surface area (Å²) in [7, 11) is 1.87. The summed E-state index contributed by atoms with van der Waals surface area (Å²) in [4.78, 5) is 14.1. The number of likely N-dealkylation sites (N-methyl/N-ethyl adjacent to an activating group) is 1. The van der Waals surface area contributed by atoms with Gasteiger partial charge in [-0.05, 0) is 37.5 Å². The van der Waals surface area contributed by atoms with E-state index in [4.69, 9.17) is 0 Å². The highest BCUT2D eigenvalue weighted by molar-refractivity contribution is 5.78. The summed E-state index contributed by atoms with van der Waals surface area (Å²) in [5, 5.41) is 0. The Kier molecular flexibility index (Phi) is 4.79. The molecule has 2 heteroatoms. The lowest BCUT2D eigenvalue weighted by molar-refractivity contribution is -0.129. The van der Waals surface area contributed by atoms with E-state index in [2.05, 4.69) is 63.2 Å². The van der Waals surface area contributed by atoms with E-state index in [0.29, 0.717) is 13.0 Å². The fraction of sp³-hybridized carbons (Fsp3) is 0.316. The van der Waals surface area contributed by atoms with Crippen LogP contribution >= 0.6 is 0 Å². The number of amides is 1. The van der Waals surface area contributed by atoms with Gasteiger partial charge in [-0.1, -0.05) is 53.6 Å². The van der Waals surface area contributed by atoms with Gasteiger partial charge in [0.2, 0.25) is 5.91 Å². The average Bonchev–Trinajstić information content (AvgIpc) is 2.44. The zero-order valence-electron chi connectivity index (χ0n) is 13.3. The first-order chi connectivity index (χ1) is 9.95. The fourth-order valence-electron chi connectivity index (χ4n) is 2.40. The Labute approximate surface area is 127 Å². The smallest absolute Gasteiger partial charge is 0.227 e. The molecule has 0 aliphatic carbocycles. The molecule has 0 atom stereocenters. The Balaban J connectivity index is 2.00. The quantitative estimate of drug-likeness (QED) is 0.834. The van der Waals surface area contributed by atoms with Crippen LogP contribution in [0.15, 0.2) is 42.5 Å². The molecule has 0 saturated heterocycles. The van der Waals surface area contributed by atoms with Gasteiger partial charge in [-0.2, -0.15) is 0 Å². The van der Waals surface area contributed by atoms with Gasteiger partial charge < -0.3 is 4.90 Å². The van der Waals surface area contributed by atoms with Gasteiger partial charge in [0.1, 0.15) is 0 Å². The molecular weight excluding hydrogens is 258 g/mol. The molecule has 2 rings (SSSR count). The first-order valence-corrected chi connectivity index (χ1v) is 7.31. The highest BCUT2D eigenvalue weighted by Gasteiger charge is 2.11. The van der Waals surface area contributed by atoms with Crippen molar-refractivity contribution in [3.05, 3.63) is 70.3 Å². The van der Waals surface area contributed by atoms with E-state index >= 15 is 0 Å². The molecule has 0 unspecified atom stereocenters. The molecule has 0 aromatic heterocycles. The number of nitrogens with zero attached hydrogens (tertiary/aromatic N) is 1. The van der Waals surface area contributed by atoms with Crippen molar-refractivity contribution < 1.29 is 4.79 Å². The van der Waals surface area contributed by atoms with Crippen LogP contribution in [0.2, 0.25) is 0 Å². The number of rotatable bonds is 4. The van der Waals surface area contributed by atoms with Gasteiger partial charge in [-0.25, -0.2) is 0 Å². The van der Waals surface area contributed by atoms with Gasteiger partial charge in [0.25, 0.3) is 0 Å². The van der Waals surface area contributed by atoms with Crippen molar-refractivity contribution >= 4 is 5.91 Å². The summed E-state index contributed by atoms with van der Waals surface area (Å²) in [6, 6.07) is 14.6. The van der Waals surface area contributed by atoms with Crippen molar-refractivity contribution in [1.29, 1.82) is 0 Å². The summed E-state index contributed by atoms with van der Waals surface area (Å²) in [5.74, 6) is 0.155. The molecule has 0 aliphatic heterocycles. The second-order valence-corrected chi connectivity index (χ2v) is 5.84. The highest BCUT2D eigenvalue weighted by Crippen LogP contribution is 2.13. The topological polar surface area (TPSA) is 20.3 Å². The van der Waals surface area contributed by atoms with E-state index < -0.39 is 0 Å². The van der Waals surface area contributed by atoms with Gasteiger partial charge in [-0.15, -0.1) is 0 Å². The number of aryl methyl sites for hydroxylation is 3. The summed E-state index contributed by atoms with van der Waals surface area (Å²) in [6.45, 7) is 6.86. The predicted molar refractivity (Wildman–Crippen MR) is 87.3 cm³/mol. The zero-order chi connectivity index (χ0) is 15.4. The largest absolute Gasteiger partial charge is 0.341 e. The molecule has 0 heterocycles. The van der Waals surface area contributed by atoms with Crippen LogP contribution in [-0.4, -0.2) is 17.9 Å². The molecule has 0 saturated carbocycles. The second kappa shape index (κ2) is 6.57. The summed E-state index contributed by atoms with van der Waals surface area (Å²) in [6.07, 6.45) is 0.467. The summed E-state index contributed by atoms with van der Waals surface area (Å²) in [5.41, 5.74) is 5.94. The molecule has 0 N–H and O–H groups in total.